The number of nitrogens with two attached hydrogens (primary N) is 1. The number of nitrogen functional groups attached to an aromatic ring is 1. The van der Waals surface area contributed by atoms with Gasteiger partial charge in [0.25, 0.3) is 0 Å². The van der Waals surface area contributed by atoms with Gasteiger partial charge in [-0.2, -0.15) is 0 Å². The molecule has 0 aliphatic heterocycles. The van der Waals surface area contributed by atoms with Gasteiger partial charge in [-0.25, -0.2) is 4.98 Å². The van der Waals surface area contributed by atoms with Crippen molar-refractivity contribution in [3.05, 3.63) is 30.1 Å². The normalized spacial score (nSPS) is 11.0. The van der Waals surface area contributed by atoms with Crippen LogP contribution in [0, 0.1) is 6.92 Å². The molecule has 0 saturated heterocycles. The Morgan fingerprint density at radius 2 is 1.89 bits per heavy atom. The smallest absolute Gasteiger partial charge is 0.131 e. The molecule has 0 radical (unpaired) electrons. The summed E-state index contributed by atoms with van der Waals surface area (Å²) in [4.78, 5) is 4.57. The van der Waals surface area contributed by atoms with Crippen molar-refractivity contribution in [1.82, 2.24) is 9.55 Å². The largest absolute Gasteiger partial charge is 0.494 e. The standard InChI is InChI=1S/C15H21N3O/c1-5-19-13-8-6-12(7-9-13)14-15(16)18(10(2)3)11(4)17-14/h6-10H,5,16H2,1-4H3. The molecule has 4 nitrogen and oxygen atoms in total. The molecule has 2 N–H and O–H groups in total. The molecule has 2 rings (SSSR count). The third kappa shape index (κ3) is 2.57. The third-order valence-corrected chi connectivity index (χ3v) is 3.08. The van der Waals surface area contributed by atoms with Gasteiger partial charge in [-0.3, -0.25) is 0 Å². The number of anilines is 1. The van der Waals surface area contributed by atoms with E-state index in [1.807, 2.05) is 42.7 Å². The quantitative estimate of drug-likeness (QED) is 0.915. The number of rotatable bonds is 4. The van der Waals surface area contributed by atoms with Crippen LogP contribution in [0.1, 0.15) is 32.6 Å². The summed E-state index contributed by atoms with van der Waals surface area (Å²) < 4.78 is 7.48. The van der Waals surface area contributed by atoms with Gasteiger partial charge in [-0.15, -0.1) is 0 Å². The Bertz CT molecular complexity index is 556. The van der Waals surface area contributed by atoms with E-state index in [9.17, 15) is 0 Å². The number of nitrogens with zero attached hydrogens (tertiary/aromatic N) is 2. The maximum atomic E-state index is 6.20. The summed E-state index contributed by atoms with van der Waals surface area (Å²) in [5.41, 5.74) is 8.06. The van der Waals surface area contributed by atoms with Gasteiger partial charge >= 0.3 is 0 Å². The van der Waals surface area contributed by atoms with Crippen LogP contribution in [0.2, 0.25) is 0 Å². The Kier molecular flexibility index (Phi) is 3.79. The molecule has 0 amide bonds. The predicted octanol–water partition coefficient (Wildman–Crippen LogP) is 3.42. The molecule has 102 valence electrons. The van der Waals surface area contributed by atoms with Crippen LogP contribution in [0.15, 0.2) is 24.3 Å². The molecule has 4 heteroatoms. The van der Waals surface area contributed by atoms with Gasteiger partial charge in [0.2, 0.25) is 0 Å². The summed E-state index contributed by atoms with van der Waals surface area (Å²) in [7, 11) is 0. The highest BCUT2D eigenvalue weighted by atomic mass is 16.5. The van der Waals surface area contributed by atoms with E-state index in [-0.39, 0.29) is 0 Å². The summed E-state index contributed by atoms with van der Waals surface area (Å²) in [6.07, 6.45) is 0. The van der Waals surface area contributed by atoms with Crippen LogP contribution in [0.3, 0.4) is 0 Å². The summed E-state index contributed by atoms with van der Waals surface area (Å²) in [6.45, 7) is 8.83. The van der Waals surface area contributed by atoms with Gasteiger partial charge in [0.05, 0.1) is 6.61 Å². The number of imidazole rings is 1. The number of aromatic nitrogens is 2. The lowest BCUT2D eigenvalue weighted by Crippen LogP contribution is -2.07. The Balaban J connectivity index is 2.39. The van der Waals surface area contributed by atoms with E-state index >= 15 is 0 Å². The van der Waals surface area contributed by atoms with Crippen molar-refractivity contribution >= 4 is 5.82 Å². The fourth-order valence-electron chi connectivity index (χ4n) is 2.30. The fraction of sp³-hybridized carbons (Fsp3) is 0.400. The minimum Gasteiger partial charge on any atom is -0.494 e. The second-order valence-corrected chi connectivity index (χ2v) is 4.81. The number of hydrogen-bond acceptors (Lipinski definition) is 3. The van der Waals surface area contributed by atoms with Gasteiger partial charge < -0.3 is 15.0 Å². The van der Waals surface area contributed by atoms with Gasteiger partial charge in [0.15, 0.2) is 0 Å². The molecular formula is C15H21N3O. The SMILES string of the molecule is CCOc1ccc(-c2nc(C)n(C(C)C)c2N)cc1. The van der Waals surface area contributed by atoms with Crippen molar-refractivity contribution in [1.29, 1.82) is 0 Å². The van der Waals surface area contributed by atoms with Crippen molar-refractivity contribution in [2.45, 2.75) is 33.7 Å². The molecule has 19 heavy (non-hydrogen) atoms. The molecule has 0 atom stereocenters. The molecule has 1 aromatic heterocycles. The molecular weight excluding hydrogens is 238 g/mol. The Morgan fingerprint density at radius 3 is 2.37 bits per heavy atom. The minimum atomic E-state index is 0.309. The molecule has 0 bridgehead atoms. The molecule has 0 aliphatic rings. The number of hydrogen-bond donors (Lipinski definition) is 1. The zero-order valence-corrected chi connectivity index (χ0v) is 12.0. The average molecular weight is 259 g/mol. The monoisotopic (exact) mass is 259 g/mol. The number of benzene rings is 1. The van der Waals surface area contributed by atoms with Gasteiger partial charge in [-0.1, -0.05) is 0 Å². The lowest BCUT2D eigenvalue weighted by atomic mass is 10.1. The lowest BCUT2D eigenvalue weighted by Gasteiger charge is -2.11. The van der Waals surface area contributed by atoms with Crippen LogP contribution in [0.25, 0.3) is 11.3 Å². The molecule has 0 aliphatic carbocycles. The van der Waals surface area contributed by atoms with E-state index in [1.165, 1.54) is 0 Å². The molecule has 1 heterocycles. The van der Waals surface area contributed by atoms with Crippen LogP contribution in [0.4, 0.5) is 5.82 Å². The molecule has 0 unspecified atom stereocenters. The van der Waals surface area contributed by atoms with E-state index in [2.05, 4.69) is 18.8 Å². The molecule has 0 saturated carbocycles. The van der Waals surface area contributed by atoms with E-state index in [4.69, 9.17) is 10.5 Å². The van der Waals surface area contributed by atoms with Gasteiger partial charge in [-0.05, 0) is 52.0 Å². The van der Waals surface area contributed by atoms with Gasteiger partial charge in [0.1, 0.15) is 23.1 Å². The number of ether oxygens (including phenoxy) is 1. The molecule has 1 aromatic carbocycles. The third-order valence-electron chi connectivity index (χ3n) is 3.08. The van der Waals surface area contributed by atoms with Crippen LogP contribution < -0.4 is 10.5 Å². The highest BCUT2D eigenvalue weighted by molar-refractivity contribution is 5.71. The topological polar surface area (TPSA) is 53.1 Å². The average Bonchev–Trinajstić information content (AvgIpc) is 2.66. The van der Waals surface area contributed by atoms with Crippen LogP contribution in [0.5, 0.6) is 5.75 Å². The molecule has 2 aromatic rings. The highest BCUT2D eigenvalue weighted by Crippen LogP contribution is 2.29. The van der Waals surface area contributed by atoms with Crippen molar-refractivity contribution < 1.29 is 4.74 Å². The van der Waals surface area contributed by atoms with Crippen molar-refractivity contribution in [2.75, 3.05) is 12.3 Å². The fourth-order valence-corrected chi connectivity index (χ4v) is 2.30. The maximum absolute atomic E-state index is 6.20. The Labute approximate surface area is 114 Å². The predicted molar refractivity (Wildman–Crippen MR) is 78.4 cm³/mol. The first-order valence-corrected chi connectivity index (χ1v) is 6.62. The molecule has 0 fully saturated rings. The number of aryl methyl sites for hydroxylation is 1. The highest BCUT2D eigenvalue weighted by Gasteiger charge is 2.15. The van der Waals surface area contributed by atoms with Crippen LogP contribution in [-0.4, -0.2) is 16.2 Å². The zero-order chi connectivity index (χ0) is 14.0. The summed E-state index contributed by atoms with van der Waals surface area (Å²) in [5.74, 6) is 2.53. The first-order valence-electron chi connectivity index (χ1n) is 6.62. The Morgan fingerprint density at radius 1 is 1.26 bits per heavy atom. The van der Waals surface area contributed by atoms with E-state index in [0.717, 1.165) is 28.6 Å². The van der Waals surface area contributed by atoms with Crippen molar-refractivity contribution in [3.8, 4) is 17.0 Å². The van der Waals surface area contributed by atoms with E-state index in [1.54, 1.807) is 0 Å². The van der Waals surface area contributed by atoms with Crippen LogP contribution >= 0.6 is 0 Å². The zero-order valence-electron chi connectivity index (χ0n) is 12.0. The van der Waals surface area contributed by atoms with Crippen molar-refractivity contribution in [3.63, 3.8) is 0 Å². The first-order chi connectivity index (χ1) is 9.04. The second kappa shape index (κ2) is 5.34. The maximum Gasteiger partial charge on any atom is 0.131 e. The second-order valence-electron chi connectivity index (χ2n) is 4.81. The summed E-state index contributed by atoms with van der Waals surface area (Å²) in [6, 6.07) is 8.19. The van der Waals surface area contributed by atoms with Crippen molar-refractivity contribution in [2.24, 2.45) is 0 Å². The summed E-state index contributed by atoms with van der Waals surface area (Å²) >= 11 is 0. The Hall–Kier alpha value is -1.97. The minimum absolute atomic E-state index is 0.309. The summed E-state index contributed by atoms with van der Waals surface area (Å²) in [5, 5.41) is 0. The van der Waals surface area contributed by atoms with Crippen LogP contribution in [-0.2, 0) is 0 Å². The molecule has 0 spiro atoms. The van der Waals surface area contributed by atoms with E-state index in [0.29, 0.717) is 12.6 Å². The van der Waals surface area contributed by atoms with Gasteiger partial charge in [0, 0.05) is 11.6 Å². The first kappa shape index (κ1) is 13.5. The van der Waals surface area contributed by atoms with E-state index < -0.39 is 0 Å². The lowest BCUT2D eigenvalue weighted by molar-refractivity contribution is 0.340.